The Morgan fingerprint density at radius 1 is 1.06 bits per heavy atom. The molecule has 0 saturated heterocycles. The topological polar surface area (TPSA) is 170 Å². The average Bonchev–Trinajstić information content (AvgIpc) is 3.75. The van der Waals surface area contributed by atoms with Crippen LogP contribution < -0.4 is 20.5 Å². The van der Waals surface area contributed by atoms with Gasteiger partial charge < -0.3 is 45.9 Å². The number of aryl methyl sites for hydroxylation is 2. The summed E-state index contributed by atoms with van der Waals surface area (Å²) >= 11 is 0. The number of nitrogens with two attached hydrogens (primary N) is 1. The van der Waals surface area contributed by atoms with E-state index in [0.717, 1.165) is 42.5 Å². The number of carbonyl (C=O) groups is 1. The number of phenolic OH excluding ortho intramolecular Hbond substituents is 3. The Morgan fingerprint density at radius 3 is 2.57 bits per heavy atom. The molecule has 0 bridgehead atoms. The van der Waals surface area contributed by atoms with E-state index < -0.39 is 17.4 Å². The second kappa shape index (κ2) is 15.8. The molecule has 1 fully saturated rings. The first kappa shape index (κ1) is 35.7. The molecule has 0 radical (unpaired) electrons. The average molecular weight is 674 g/mol. The third kappa shape index (κ3) is 8.19. The summed E-state index contributed by atoms with van der Waals surface area (Å²) in [6.45, 7) is 4.88. The maximum Gasteiger partial charge on any atom is 0.200 e. The van der Waals surface area contributed by atoms with Crippen LogP contribution in [-0.4, -0.2) is 57.6 Å². The van der Waals surface area contributed by atoms with E-state index in [2.05, 4.69) is 22.4 Å². The molecule has 5 rings (SSSR count). The number of H-pyrrole nitrogens is 1. The third-order valence-corrected chi connectivity index (χ3v) is 10.1. The molecule has 2 aromatic carbocycles. The molecular weight excluding hydrogens is 622 g/mol. The van der Waals surface area contributed by atoms with Crippen molar-refractivity contribution in [2.24, 2.45) is 28.9 Å². The standard InChI is InChI=1S/C39H51N3O7/c1-24(2)23-49-35-20-26(18-33(46)38(35)47)10-13-32(45)37(31(44)12-9-25-8-11-30(43)34(19-25)48-3)39(28-14-17-42-36(40)22-28)15-4-6-27(39)21-29-7-5-16-41-29/h5,7-8,11,14,16,18-20,22,24,27,31,37,41-44,46-47H,4,6,9-10,12-13,15,17,21,23,40H2,1-3H3/t27-,31-,37-,39+/m1/s1. The van der Waals surface area contributed by atoms with Crippen LogP contribution in [0.25, 0.3) is 0 Å². The first-order valence-corrected chi connectivity index (χ1v) is 17.3. The maximum atomic E-state index is 14.8. The lowest BCUT2D eigenvalue weighted by atomic mass is 9.58. The zero-order chi connectivity index (χ0) is 35.1. The van der Waals surface area contributed by atoms with Crippen molar-refractivity contribution in [3.05, 3.63) is 89.0 Å². The number of phenols is 3. The van der Waals surface area contributed by atoms with Gasteiger partial charge in [0.2, 0.25) is 5.75 Å². The molecule has 3 aromatic rings. The van der Waals surface area contributed by atoms with Crippen LogP contribution in [0.1, 0.15) is 62.8 Å². The number of ketones is 1. The lowest BCUT2D eigenvalue weighted by molar-refractivity contribution is -0.133. The summed E-state index contributed by atoms with van der Waals surface area (Å²) < 4.78 is 11.1. The van der Waals surface area contributed by atoms with Gasteiger partial charge in [-0.1, -0.05) is 32.4 Å². The van der Waals surface area contributed by atoms with Crippen molar-refractivity contribution in [3.8, 4) is 28.7 Å². The van der Waals surface area contributed by atoms with Crippen LogP contribution in [0, 0.1) is 23.2 Å². The molecule has 264 valence electrons. The fraction of sp³-hybridized carbons (Fsp3) is 0.462. The minimum absolute atomic E-state index is 0.0390. The molecule has 1 aliphatic carbocycles. The van der Waals surface area contributed by atoms with Crippen LogP contribution in [0.2, 0.25) is 0 Å². The molecule has 8 N–H and O–H groups in total. The molecule has 1 aromatic heterocycles. The van der Waals surface area contributed by atoms with Gasteiger partial charge in [0.15, 0.2) is 23.0 Å². The first-order chi connectivity index (χ1) is 23.5. The zero-order valence-corrected chi connectivity index (χ0v) is 28.7. The molecule has 10 nitrogen and oxygen atoms in total. The number of aromatic hydroxyl groups is 3. The van der Waals surface area contributed by atoms with E-state index in [4.69, 9.17) is 15.2 Å². The highest BCUT2D eigenvalue weighted by molar-refractivity contribution is 5.83. The lowest BCUT2D eigenvalue weighted by Crippen LogP contribution is -2.48. The molecule has 2 heterocycles. The van der Waals surface area contributed by atoms with E-state index in [0.29, 0.717) is 49.5 Å². The van der Waals surface area contributed by atoms with Crippen molar-refractivity contribution in [2.75, 3.05) is 20.3 Å². The van der Waals surface area contributed by atoms with Crippen LogP contribution in [0.15, 0.2) is 72.2 Å². The quantitative estimate of drug-likeness (QED) is 0.0951. The smallest absolute Gasteiger partial charge is 0.200 e. The van der Waals surface area contributed by atoms with E-state index in [1.807, 2.05) is 32.2 Å². The number of benzene rings is 2. The van der Waals surface area contributed by atoms with Gasteiger partial charge in [-0.25, -0.2) is 0 Å². The van der Waals surface area contributed by atoms with E-state index >= 15 is 0 Å². The number of ether oxygens (including phenoxy) is 2. The summed E-state index contributed by atoms with van der Waals surface area (Å²) in [7, 11) is 1.50. The molecule has 10 heteroatoms. The molecule has 1 saturated carbocycles. The molecule has 0 amide bonds. The van der Waals surface area contributed by atoms with Gasteiger partial charge in [0.25, 0.3) is 0 Å². The zero-order valence-electron chi connectivity index (χ0n) is 28.7. The molecule has 4 atom stereocenters. The minimum Gasteiger partial charge on any atom is -0.504 e. The Bertz CT molecular complexity index is 1650. The fourth-order valence-electron chi connectivity index (χ4n) is 7.78. The molecule has 49 heavy (non-hydrogen) atoms. The van der Waals surface area contributed by atoms with Crippen molar-refractivity contribution < 1.29 is 34.7 Å². The van der Waals surface area contributed by atoms with Crippen molar-refractivity contribution in [2.45, 2.75) is 71.3 Å². The summed E-state index contributed by atoms with van der Waals surface area (Å²) in [5.41, 5.74) is 9.26. The number of aliphatic hydroxyl groups is 1. The Morgan fingerprint density at radius 2 is 1.86 bits per heavy atom. The van der Waals surface area contributed by atoms with Crippen molar-refractivity contribution in [1.29, 1.82) is 0 Å². The van der Waals surface area contributed by atoms with Gasteiger partial charge in [0.1, 0.15) is 5.78 Å². The highest BCUT2D eigenvalue weighted by Crippen LogP contribution is 2.57. The van der Waals surface area contributed by atoms with Crippen LogP contribution in [-0.2, 0) is 24.1 Å². The number of rotatable bonds is 16. The number of methoxy groups -OCH3 is 1. The largest absolute Gasteiger partial charge is 0.504 e. The highest BCUT2D eigenvalue weighted by Gasteiger charge is 2.55. The molecule has 1 aliphatic heterocycles. The number of Topliss-reactive ketones (excluding diaryl/α,β-unsaturated/α-hetero) is 1. The number of aliphatic hydroxyl groups excluding tert-OH is 1. The van der Waals surface area contributed by atoms with Crippen molar-refractivity contribution in [3.63, 3.8) is 0 Å². The number of hydrogen-bond donors (Lipinski definition) is 7. The highest BCUT2D eigenvalue weighted by atomic mass is 16.5. The lowest BCUT2D eigenvalue weighted by Gasteiger charge is -2.46. The van der Waals surface area contributed by atoms with Crippen LogP contribution in [0.3, 0.4) is 0 Å². The third-order valence-electron chi connectivity index (χ3n) is 10.1. The second-order valence-electron chi connectivity index (χ2n) is 13.9. The number of hydrogen-bond acceptors (Lipinski definition) is 9. The Hall–Kier alpha value is -4.57. The number of nitrogens with one attached hydrogen (secondary N) is 2. The van der Waals surface area contributed by atoms with E-state index in [1.54, 1.807) is 24.3 Å². The summed E-state index contributed by atoms with van der Waals surface area (Å²) in [6.07, 6.45) is 9.40. The minimum atomic E-state index is -0.986. The number of dihydropyridines is 1. The fourth-order valence-corrected chi connectivity index (χ4v) is 7.78. The molecule has 0 unspecified atom stereocenters. The van der Waals surface area contributed by atoms with Gasteiger partial charge in [0.05, 0.1) is 31.6 Å². The van der Waals surface area contributed by atoms with Crippen molar-refractivity contribution >= 4 is 5.78 Å². The Labute approximate surface area is 288 Å². The summed E-state index contributed by atoms with van der Waals surface area (Å²) in [5.74, 6) is -0.0654. The molecular formula is C39H51N3O7. The van der Waals surface area contributed by atoms with E-state index in [1.165, 1.54) is 13.2 Å². The second-order valence-corrected chi connectivity index (χ2v) is 13.9. The Balaban J connectivity index is 1.50. The number of allylic oxidation sites excluding steroid dienone is 2. The van der Waals surface area contributed by atoms with Crippen LogP contribution in [0.5, 0.6) is 28.7 Å². The summed E-state index contributed by atoms with van der Waals surface area (Å²) in [6, 6.07) is 12.3. The number of carbonyl (C=O) groups excluding carboxylic acids is 1. The molecule has 0 spiro atoms. The summed E-state index contributed by atoms with van der Waals surface area (Å²) in [5, 5.41) is 46.4. The van der Waals surface area contributed by atoms with Gasteiger partial charge in [-0.15, -0.1) is 0 Å². The SMILES string of the molecule is COc1cc(CC[C@@H](O)[C@H](C(=O)CCc2cc(O)c(O)c(OCC(C)C)c2)[C@@]2(C3=CCNC(N)=C3)CCC[C@@H]2Cc2ccc[nH]2)ccc1O. The maximum absolute atomic E-state index is 14.8. The van der Waals surface area contributed by atoms with Gasteiger partial charge in [-0.2, -0.15) is 0 Å². The number of aromatic nitrogens is 1. The van der Waals surface area contributed by atoms with Crippen LogP contribution in [0.4, 0.5) is 0 Å². The summed E-state index contributed by atoms with van der Waals surface area (Å²) in [4.78, 5) is 18.1. The normalized spacial score (nSPS) is 20.3. The predicted molar refractivity (Wildman–Crippen MR) is 189 cm³/mol. The van der Waals surface area contributed by atoms with Gasteiger partial charge in [0, 0.05) is 30.3 Å². The predicted octanol–water partition coefficient (Wildman–Crippen LogP) is 5.65. The Kier molecular flexibility index (Phi) is 11.5. The number of aromatic amines is 1. The van der Waals surface area contributed by atoms with Gasteiger partial charge in [-0.3, -0.25) is 4.79 Å². The van der Waals surface area contributed by atoms with Gasteiger partial charge in [-0.05, 0) is 110 Å². The van der Waals surface area contributed by atoms with Crippen LogP contribution >= 0.6 is 0 Å². The first-order valence-electron chi connectivity index (χ1n) is 17.3. The molecule has 2 aliphatic rings. The van der Waals surface area contributed by atoms with Crippen molar-refractivity contribution in [1.82, 2.24) is 10.3 Å². The van der Waals surface area contributed by atoms with Gasteiger partial charge >= 0.3 is 0 Å². The van der Waals surface area contributed by atoms with E-state index in [-0.39, 0.29) is 47.0 Å². The monoisotopic (exact) mass is 673 g/mol. The van der Waals surface area contributed by atoms with E-state index in [9.17, 15) is 25.2 Å².